The Morgan fingerprint density at radius 3 is 2.07 bits per heavy atom. The van der Waals surface area contributed by atoms with E-state index in [0.29, 0.717) is 42.6 Å². The normalized spacial score (nSPS) is 10.7. The highest BCUT2D eigenvalue weighted by Crippen LogP contribution is 2.39. The van der Waals surface area contributed by atoms with Gasteiger partial charge in [-0.3, -0.25) is 4.79 Å². The third kappa shape index (κ3) is 5.92. The van der Waals surface area contributed by atoms with E-state index in [2.05, 4.69) is 10.5 Å². The van der Waals surface area contributed by atoms with Crippen LogP contribution in [-0.4, -0.2) is 38.2 Å². The smallest absolute Gasteiger partial charge is 0.271 e. The van der Waals surface area contributed by atoms with Crippen molar-refractivity contribution >= 4 is 23.9 Å². The van der Waals surface area contributed by atoms with Crippen molar-refractivity contribution in [3.63, 3.8) is 0 Å². The largest absolute Gasteiger partial charge is 0.490 e. The zero-order valence-electron chi connectivity index (χ0n) is 16.7. The highest BCUT2D eigenvalue weighted by molar-refractivity contribution is 7.98. The number of hydrogen-bond acceptors (Lipinski definition) is 6. The zero-order valence-corrected chi connectivity index (χ0v) is 17.5. The van der Waals surface area contributed by atoms with Gasteiger partial charge in [0.25, 0.3) is 5.91 Å². The molecule has 0 fully saturated rings. The van der Waals surface area contributed by atoms with E-state index < -0.39 is 0 Å². The SMILES string of the molecule is CCOc1cc(C(=O)NN=Cc2ccc(SC)cc2)cc(OCC)c1OCC. The molecule has 0 radical (unpaired) electrons. The minimum Gasteiger partial charge on any atom is -0.490 e. The van der Waals surface area contributed by atoms with Crippen molar-refractivity contribution in [2.45, 2.75) is 25.7 Å². The van der Waals surface area contributed by atoms with Crippen molar-refractivity contribution in [1.82, 2.24) is 5.43 Å². The lowest BCUT2D eigenvalue weighted by Crippen LogP contribution is -2.18. The molecule has 7 heteroatoms. The number of carbonyl (C=O) groups excluding carboxylic acids is 1. The summed E-state index contributed by atoms with van der Waals surface area (Å²) in [4.78, 5) is 13.7. The summed E-state index contributed by atoms with van der Waals surface area (Å²) in [6.45, 7) is 6.98. The first-order valence-corrected chi connectivity index (χ1v) is 10.4. The Hall–Kier alpha value is -2.67. The molecule has 0 spiro atoms. The van der Waals surface area contributed by atoms with Gasteiger partial charge in [0.05, 0.1) is 26.0 Å². The summed E-state index contributed by atoms with van der Waals surface area (Å²) in [6.07, 6.45) is 3.62. The predicted octanol–water partition coefficient (Wildman–Crippen LogP) is 4.37. The Morgan fingerprint density at radius 1 is 1.00 bits per heavy atom. The molecule has 0 heterocycles. The Labute approximate surface area is 170 Å². The molecule has 0 aliphatic heterocycles. The topological polar surface area (TPSA) is 69.2 Å². The summed E-state index contributed by atoms with van der Waals surface area (Å²) in [6, 6.07) is 11.2. The molecule has 2 aromatic carbocycles. The number of amides is 1. The molecule has 150 valence electrons. The number of carbonyl (C=O) groups is 1. The maximum absolute atomic E-state index is 12.5. The molecule has 0 aromatic heterocycles. The van der Waals surface area contributed by atoms with Gasteiger partial charge >= 0.3 is 0 Å². The van der Waals surface area contributed by atoms with Gasteiger partial charge < -0.3 is 14.2 Å². The molecule has 6 nitrogen and oxygen atoms in total. The number of rotatable bonds is 10. The van der Waals surface area contributed by atoms with Crippen LogP contribution in [-0.2, 0) is 0 Å². The average molecular weight is 403 g/mol. The first-order chi connectivity index (χ1) is 13.6. The van der Waals surface area contributed by atoms with E-state index in [1.165, 1.54) is 4.90 Å². The molecule has 0 aliphatic carbocycles. The molecule has 1 amide bonds. The van der Waals surface area contributed by atoms with E-state index in [-0.39, 0.29) is 5.91 Å². The van der Waals surface area contributed by atoms with E-state index in [9.17, 15) is 4.79 Å². The third-order valence-electron chi connectivity index (χ3n) is 3.67. The number of benzene rings is 2. The van der Waals surface area contributed by atoms with Gasteiger partial charge in [0.15, 0.2) is 11.5 Å². The van der Waals surface area contributed by atoms with Gasteiger partial charge in [-0.15, -0.1) is 11.8 Å². The number of nitrogens with zero attached hydrogens (tertiary/aromatic N) is 1. The standard InChI is InChI=1S/C21H26N2O4S/c1-5-25-18-12-16(13-19(26-6-2)20(18)27-7-3)21(24)23-22-14-15-8-10-17(28-4)11-9-15/h8-14H,5-7H2,1-4H3,(H,23,24). The van der Waals surface area contributed by atoms with Crippen LogP contribution in [0.1, 0.15) is 36.7 Å². The number of hydrazone groups is 1. The van der Waals surface area contributed by atoms with Gasteiger partial charge in [-0.05, 0) is 56.9 Å². The second-order valence-electron chi connectivity index (χ2n) is 5.57. The Kier molecular flexibility index (Phi) is 8.68. The molecule has 2 rings (SSSR count). The highest BCUT2D eigenvalue weighted by Gasteiger charge is 2.18. The fourth-order valence-corrected chi connectivity index (χ4v) is 2.85. The van der Waals surface area contributed by atoms with Gasteiger partial charge in [0.2, 0.25) is 5.75 Å². The summed E-state index contributed by atoms with van der Waals surface area (Å²) in [7, 11) is 0. The third-order valence-corrected chi connectivity index (χ3v) is 4.41. The molecule has 0 atom stereocenters. The summed E-state index contributed by atoms with van der Waals surface area (Å²) in [5, 5.41) is 4.04. The average Bonchev–Trinajstić information content (AvgIpc) is 2.71. The fraction of sp³-hybridized carbons (Fsp3) is 0.333. The monoisotopic (exact) mass is 402 g/mol. The van der Waals surface area contributed by atoms with Crippen LogP contribution in [0.25, 0.3) is 0 Å². The summed E-state index contributed by atoms with van der Waals surface area (Å²) < 4.78 is 16.9. The van der Waals surface area contributed by atoms with E-state index in [4.69, 9.17) is 14.2 Å². The van der Waals surface area contributed by atoms with Crippen molar-refractivity contribution in [1.29, 1.82) is 0 Å². The van der Waals surface area contributed by atoms with Crippen molar-refractivity contribution in [3.05, 3.63) is 47.5 Å². The van der Waals surface area contributed by atoms with Gasteiger partial charge in [-0.1, -0.05) is 12.1 Å². The minimum atomic E-state index is -0.359. The van der Waals surface area contributed by atoms with Crippen LogP contribution in [0.5, 0.6) is 17.2 Å². The van der Waals surface area contributed by atoms with E-state index >= 15 is 0 Å². The van der Waals surface area contributed by atoms with Gasteiger partial charge in [-0.25, -0.2) is 5.43 Å². The predicted molar refractivity (Wildman–Crippen MR) is 113 cm³/mol. The van der Waals surface area contributed by atoms with Crippen LogP contribution >= 0.6 is 11.8 Å². The van der Waals surface area contributed by atoms with Crippen LogP contribution in [0.2, 0.25) is 0 Å². The quantitative estimate of drug-likeness (QED) is 0.363. The molecule has 28 heavy (non-hydrogen) atoms. The lowest BCUT2D eigenvalue weighted by atomic mass is 10.1. The summed E-state index contributed by atoms with van der Waals surface area (Å²) in [5.74, 6) is 1.08. The fourth-order valence-electron chi connectivity index (χ4n) is 2.44. The second kappa shape index (κ2) is 11.2. The van der Waals surface area contributed by atoms with Crippen molar-refractivity contribution < 1.29 is 19.0 Å². The number of thioether (sulfide) groups is 1. The Morgan fingerprint density at radius 2 is 1.57 bits per heavy atom. The molecular formula is C21H26N2O4S. The van der Waals surface area contributed by atoms with Gasteiger partial charge in [-0.2, -0.15) is 5.10 Å². The van der Waals surface area contributed by atoms with Crippen molar-refractivity contribution in [2.75, 3.05) is 26.1 Å². The molecule has 0 saturated carbocycles. The van der Waals surface area contributed by atoms with Crippen molar-refractivity contribution in [3.8, 4) is 17.2 Å². The lowest BCUT2D eigenvalue weighted by Gasteiger charge is -2.16. The molecule has 1 N–H and O–H groups in total. The number of ether oxygens (including phenoxy) is 3. The first kappa shape index (κ1) is 21.6. The van der Waals surface area contributed by atoms with Crippen LogP contribution in [0, 0.1) is 0 Å². The molecule has 0 unspecified atom stereocenters. The number of hydrogen-bond donors (Lipinski definition) is 1. The molecule has 2 aromatic rings. The first-order valence-electron chi connectivity index (χ1n) is 9.16. The molecule has 0 saturated heterocycles. The zero-order chi connectivity index (χ0) is 20.4. The van der Waals surface area contributed by atoms with Crippen LogP contribution in [0.3, 0.4) is 0 Å². The minimum absolute atomic E-state index is 0.359. The Bertz CT molecular complexity index is 780. The lowest BCUT2D eigenvalue weighted by molar-refractivity contribution is 0.0954. The molecule has 0 aliphatic rings. The maximum Gasteiger partial charge on any atom is 0.271 e. The van der Waals surface area contributed by atoms with Crippen LogP contribution in [0.15, 0.2) is 46.4 Å². The van der Waals surface area contributed by atoms with Crippen LogP contribution in [0.4, 0.5) is 0 Å². The summed E-state index contributed by atoms with van der Waals surface area (Å²) in [5.41, 5.74) is 3.82. The summed E-state index contributed by atoms with van der Waals surface area (Å²) >= 11 is 1.67. The van der Waals surface area contributed by atoms with Crippen LogP contribution < -0.4 is 19.6 Å². The van der Waals surface area contributed by atoms with E-state index in [1.54, 1.807) is 30.1 Å². The Balaban J connectivity index is 2.19. The molecular weight excluding hydrogens is 376 g/mol. The maximum atomic E-state index is 12.5. The number of nitrogens with one attached hydrogen (secondary N) is 1. The van der Waals surface area contributed by atoms with E-state index in [1.807, 2.05) is 51.3 Å². The van der Waals surface area contributed by atoms with Crippen molar-refractivity contribution in [2.24, 2.45) is 5.10 Å². The van der Waals surface area contributed by atoms with Gasteiger partial charge in [0, 0.05) is 10.5 Å². The van der Waals surface area contributed by atoms with Gasteiger partial charge in [0.1, 0.15) is 0 Å². The second-order valence-corrected chi connectivity index (χ2v) is 6.45. The highest BCUT2D eigenvalue weighted by atomic mass is 32.2. The van der Waals surface area contributed by atoms with E-state index in [0.717, 1.165) is 5.56 Å². The molecule has 0 bridgehead atoms.